The Morgan fingerprint density at radius 1 is 1.58 bits per heavy atom. The van der Waals surface area contributed by atoms with E-state index in [2.05, 4.69) is 4.98 Å². The van der Waals surface area contributed by atoms with Crippen LogP contribution in [0.2, 0.25) is 5.02 Å². The summed E-state index contributed by atoms with van der Waals surface area (Å²) in [5.41, 5.74) is 5.20. The van der Waals surface area contributed by atoms with Gasteiger partial charge in [-0.05, 0) is 6.07 Å². The van der Waals surface area contributed by atoms with Gasteiger partial charge in [0, 0.05) is 18.9 Å². The molecule has 1 amide bonds. The first-order chi connectivity index (χ1) is 8.94. The molecule has 1 aromatic rings. The molecule has 0 saturated carbocycles. The number of hydrogen-bond donors (Lipinski definition) is 1. The molecule has 1 saturated heterocycles. The van der Waals surface area contributed by atoms with Crippen molar-refractivity contribution in [2.24, 2.45) is 5.73 Å². The summed E-state index contributed by atoms with van der Waals surface area (Å²) in [6, 6.07) is 0.337. The molecule has 2 heterocycles. The second-order valence-corrected chi connectivity index (χ2v) is 6.18. The number of sulfonamides is 1. The maximum atomic E-state index is 12.5. The Morgan fingerprint density at radius 3 is 2.95 bits per heavy atom. The number of aromatic nitrogens is 1. The molecule has 1 fully saturated rings. The van der Waals surface area contributed by atoms with Gasteiger partial charge in [-0.15, -0.1) is 0 Å². The maximum Gasteiger partial charge on any atom is 0.246 e. The van der Waals surface area contributed by atoms with Crippen molar-refractivity contribution in [3.05, 3.63) is 23.5 Å². The van der Waals surface area contributed by atoms with E-state index in [-0.39, 0.29) is 29.7 Å². The highest BCUT2D eigenvalue weighted by molar-refractivity contribution is 7.89. The van der Waals surface area contributed by atoms with Gasteiger partial charge in [-0.25, -0.2) is 8.42 Å². The number of pyridine rings is 1. The number of ether oxygens (including phenoxy) is 1. The minimum absolute atomic E-state index is 0.0428. The molecule has 2 N–H and O–H groups in total. The van der Waals surface area contributed by atoms with Crippen molar-refractivity contribution in [3.63, 3.8) is 0 Å². The second-order valence-electron chi connectivity index (χ2n) is 3.91. The van der Waals surface area contributed by atoms with Gasteiger partial charge in [0.2, 0.25) is 15.9 Å². The number of amides is 1. The molecule has 1 aliphatic heterocycles. The van der Waals surface area contributed by atoms with Crippen LogP contribution in [0.5, 0.6) is 0 Å². The van der Waals surface area contributed by atoms with Gasteiger partial charge in [-0.1, -0.05) is 11.6 Å². The van der Waals surface area contributed by atoms with Gasteiger partial charge in [0.15, 0.2) is 0 Å². The van der Waals surface area contributed by atoms with Crippen molar-refractivity contribution in [3.8, 4) is 0 Å². The number of hydrogen-bond acceptors (Lipinski definition) is 5. The molecule has 0 aliphatic carbocycles. The first-order valence-corrected chi connectivity index (χ1v) is 7.25. The molecule has 1 unspecified atom stereocenters. The molecule has 0 aromatic carbocycles. The molecular formula is C10H12ClN3O4S. The number of rotatable bonds is 3. The Bertz CT molecular complexity index is 592. The fourth-order valence-corrected chi connectivity index (χ4v) is 3.75. The topological polar surface area (TPSA) is 103 Å². The predicted molar refractivity (Wildman–Crippen MR) is 66.9 cm³/mol. The van der Waals surface area contributed by atoms with Gasteiger partial charge in [0.25, 0.3) is 0 Å². The Morgan fingerprint density at radius 2 is 2.32 bits per heavy atom. The molecule has 7 nitrogen and oxygen atoms in total. The Kier molecular flexibility index (Phi) is 4.04. The molecule has 1 atom stereocenters. The summed E-state index contributed by atoms with van der Waals surface area (Å²) in [4.78, 5) is 14.9. The smallest absolute Gasteiger partial charge is 0.246 e. The third-order valence-corrected chi connectivity index (χ3v) is 5.11. The summed E-state index contributed by atoms with van der Waals surface area (Å²) in [7, 11) is -3.93. The van der Waals surface area contributed by atoms with E-state index >= 15 is 0 Å². The standard InChI is InChI=1S/C10H12ClN3O4S/c11-7-1-2-13-5-9(7)19(16,17)14-3-4-18-6-8(14)10(12)15/h1-2,5,8H,3-4,6H2,(H2,12,15). The zero-order valence-corrected chi connectivity index (χ0v) is 11.4. The quantitative estimate of drug-likeness (QED) is 0.819. The number of primary amides is 1. The number of nitrogens with zero attached hydrogens (tertiary/aromatic N) is 2. The Balaban J connectivity index is 2.43. The van der Waals surface area contributed by atoms with Crippen molar-refractivity contribution in [1.29, 1.82) is 0 Å². The molecule has 0 radical (unpaired) electrons. The minimum Gasteiger partial charge on any atom is -0.378 e. The molecule has 0 bridgehead atoms. The second kappa shape index (κ2) is 5.41. The van der Waals surface area contributed by atoms with E-state index in [4.69, 9.17) is 22.1 Å². The lowest BCUT2D eigenvalue weighted by molar-refractivity contribution is -0.125. The van der Waals surface area contributed by atoms with Crippen LogP contribution in [0.3, 0.4) is 0 Å². The summed E-state index contributed by atoms with van der Waals surface area (Å²) < 4.78 is 31.0. The van der Waals surface area contributed by atoms with Crippen molar-refractivity contribution in [2.45, 2.75) is 10.9 Å². The summed E-state index contributed by atoms with van der Waals surface area (Å²) >= 11 is 5.86. The van der Waals surface area contributed by atoms with Crippen LogP contribution in [0.25, 0.3) is 0 Å². The van der Waals surface area contributed by atoms with E-state index in [0.717, 1.165) is 10.5 Å². The maximum absolute atomic E-state index is 12.5. The van der Waals surface area contributed by atoms with E-state index in [1.807, 2.05) is 0 Å². The van der Waals surface area contributed by atoms with Gasteiger partial charge < -0.3 is 10.5 Å². The Hall–Kier alpha value is -1.22. The summed E-state index contributed by atoms with van der Waals surface area (Å²) in [6.07, 6.45) is 2.53. The van der Waals surface area contributed by atoms with Crippen LogP contribution in [0.15, 0.2) is 23.4 Å². The van der Waals surface area contributed by atoms with Gasteiger partial charge in [0.1, 0.15) is 10.9 Å². The fourth-order valence-electron chi connectivity index (χ4n) is 1.78. The van der Waals surface area contributed by atoms with E-state index in [0.29, 0.717) is 0 Å². The lowest BCUT2D eigenvalue weighted by Gasteiger charge is -2.32. The minimum atomic E-state index is -3.93. The number of carbonyl (C=O) groups excluding carboxylic acids is 1. The highest BCUT2D eigenvalue weighted by Crippen LogP contribution is 2.25. The van der Waals surface area contributed by atoms with Crippen LogP contribution in [-0.2, 0) is 19.6 Å². The predicted octanol–water partition coefficient (Wildman–Crippen LogP) is -0.390. The van der Waals surface area contributed by atoms with Crippen LogP contribution in [0.4, 0.5) is 0 Å². The average Bonchev–Trinajstić information content (AvgIpc) is 2.39. The number of halogens is 1. The third-order valence-electron chi connectivity index (χ3n) is 2.73. The van der Waals surface area contributed by atoms with Crippen molar-refractivity contribution in [1.82, 2.24) is 9.29 Å². The molecule has 19 heavy (non-hydrogen) atoms. The van der Waals surface area contributed by atoms with Crippen LogP contribution in [0, 0.1) is 0 Å². The zero-order valence-electron chi connectivity index (χ0n) is 9.82. The average molecular weight is 306 g/mol. The van der Waals surface area contributed by atoms with E-state index in [1.165, 1.54) is 12.3 Å². The first-order valence-electron chi connectivity index (χ1n) is 5.43. The molecule has 9 heteroatoms. The number of morpholine rings is 1. The fraction of sp³-hybridized carbons (Fsp3) is 0.400. The van der Waals surface area contributed by atoms with Gasteiger partial charge >= 0.3 is 0 Å². The molecule has 1 aliphatic rings. The van der Waals surface area contributed by atoms with Crippen LogP contribution in [-0.4, -0.2) is 49.4 Å². The van der Waals surface area contributed by atoms with E-state index in [1.54, 1.807) is 0 Å². The summed E-state index contributed by atoms with van der Waals surface area (Å²) in [6.45, 7) is 0.175. The molecule has 0 spiro atoms. The number of nitrogens with two attached hydrogens (primary N) is 1. The van der Waals surface area contributed by atoms with Crippen molar-refractivity contribution >= 4 is 27.5 Å². The zero-order chi connectivity index (χ0) is 14.0. The molecule has 1 aromatic heterocycles. The molecule has 2 rings (SSSR count). The summed E-state index contributed by atoms with van der Waals surface area (Å²) in [5.74, 6) is -0.761. The first kappa shape index (κ1) is 14.2. The van der Waals surface area contributed by atoms with Crippen molar-refractivity contribution < 1.29 is 17.9 Å². The lowest BCUT2D eigenvalue weighted by atomic mass is 10.3. The van der Waals surface area contributed by atoms with E-state index in [9.17, 15) is 13.2 Å². The normalized spacial score (nSPS) is 21.2. The molecule has 104 valence electrons. The highest BCUT2D eigenvalue weighted by Gasteiger charge is 2.38. The van der Waals surface area contributed by atoms with Crippen LogP contribution in [0.1, 0.15) is 0 Å². The number of carbonyl (C=O) groups is 1. The highest BCUT2D eigenvalue weighted by atomic mass is 35.5. The Labute approximate surface area is 115 Å². The SMILES string of the molecule is NC(=O)C1COCCN1S(=O)(=O)c1cnccc1Cl. The third kappa shape index (κ3) is 2.71. The van der Waals surface area contributed by atoms with Crippen LogP contribution < -0.4 is 5.73 Å². The van der Waals surface area contributed by atoms with Gasteiger partial charge in [-0.3, -0.25) is 9.78 Å². The monoisotopic (exact) mass is 305 g/mol. The van der Waals surface area contributed by atoms with Gasteiger partial charge in [-0.2, -0.15) is 4.31 Å². The molecular weight excluding hydrogens is 294 g/mol. The van der Waals surface area contributed by atoms with Crippen molar-refractivity contribution in [2.75, 3.05) is 19.8 Å². The van der Waals surface area contributed by atoms with Gasteiger partial charge in [0.05, 0.1) is 18.2 Å². The largest absolute Gasteiger partial charge is 0.378 e. The van der Waals surface area contributed by atoms with Crippen LogP contribution >= 0.6 is 11.6 Å². The van der Waals surface area contributed by atoms with E-state index < -0.39 is 22.0 Å². The lowest BCUT2D eigenvalue weighted by Crippen LogP contribution is -2.54. The summed E-state index contributed by atoms with van der Waals surface area (Å²) in [5, 5.41) is 0.0460.